The van der Waals surface area contributed by atoms with Crippen LogP contribution in [0.1, 0.15) is 44.7 Å². The lowest BCUT2D eigenvalue weighted by atomic mass is 10.1. The van der Waals surface area contributed by atoms with Gasteiger partial charge >= 0.3 is 0 Å². The van der Waals surface area contributed by atoms with Gasteiger partial charge in [0.2, 0.25) is 0 Å². The van der Waals surface area contributed by atoms with Crippen molar-refractivity contribution in [1.82, 2.24) is 4.90 Å². The Kier molecular flexibility index (Phi) is 6.70. The van der Waals surface area contributed by atoms with Crippen molar-refractivity contribution in [2.24, 2.45) is 0 Å². The topological polar surface area (TPSA) is 95.6 Å². The van der Waals surface area contributed by atoms with Gasteiger partial charge < -0.3 is 10.2 Å². The number of hydrogen-bond acceptors (Lipinski definition) is 4. The van der Waals surface area contributed by atoms with E-state index in [2.05, 4.69) is 10.0 Å². The van der Waals surface area contributed by atoms with Crippen molar-refractivity contribution in [3.63, 3.8) is 0 Å². The van der Waals surface area contributed by atoms with Crippen LogP contribution in [0.25, 0.3) is 0 Å². The molecule has 34 heavy (non-hydrogen) atoms. The van der Waals surface area contributed by atoms with Crippen molar-refractivity contribution >= 4 is 33.2 Å². The second kappa shape index (κ2) is 9.69. The van der Waals surface area contributed by atoms with Crippen molar-refractivity contribution in [3.8, 4) is 0 Å². The Hall–Kier alpha value is -3.65. The van der Waals surface area contributed by atoms with Gasteiger partial charge in [0.15, 0.2) is 0 Å². The highest BCUT2D eigenvalue weighted by atomic mass is 32.2. The second-order valence-electron chi connectivity index (χ2n) is 8.45. The maximum Gasteiger partial charge on any atom is 0.262 e. The summed E-state index contributed by atoms with van der Waals surface area (Å²) < 4.78 is 28.7. The number of amides is 2. The Balaban J connectivity index is 1.59. The Morgan fingerprint density at radius 2 is 1.62 bits per heavy atom. The Labute approximate surface area is 199 Å². The lowest BCUT2D eigenvalue weighted by molar-refractivity contribution is 0.0794. The smallest absolute Gasteiger partial charge is 0.262 e. The first kappa shape index (κ1) is 23.5. The van der Waals surface area contributed by atoms with Crippen LogP contribution in [0.2, 0.25) is 0 Å². The number of benzene rings is 3. The van der Waals surface area contributed by atoms with Crippen LogP contribution >= 0.6 is 0 Å². The van der Waals surface area contributed by atoms with Crippen LogP contribution in [-0.2, 0) is 10.0 Å². The quantitative estimate of drug-likeness (QED) is 0.543. The minimum Gasteiger partial charge on any atom is -0.339 e. The van der Waals surface area contributed by atoms with E-state index in [1.807, 2.05) is 13.0 Å². The van der Waals surface area contributed by atoms with Gasteiger partial charge in [-0.2, -0.15) is 0 Å². The van der Waals surface area contributed by atoms with Gasteiger partial charge in [-0.05, 0) is 74.2 Å². The molecule has 1 saturated heterocycles. The number of carbonyl (C=O) groups is 2. The summed E-state index contributed by atoms with van der Waals surface area (Å²) in [7, 11) is -3.91. The molecule has 1 fully saturated rings. The van der Waals surface area contributed by atoms with Gasteiger partial charge in [0, 0.05) is 24.3 Å². The predicted octanol–water partition coefficient (Wildman–Crippen LogP) is 4.59. The lowest BCUT2D eigenvalue weighted by Gasteiger charge is -2.18. The first-order valence-corrected chi connectivity index (χ1v) is 12.6. The highest BCUT2D eigenvalue weighted by Gasteiger charge is 2.23. The van der Waals surface area contributed by atoms with E-state index in [9.17, 15) is 18.0 Å². The summed E-state index contributed by atoms with van der Waals surface area (Å²) in [5, 5.41) is 2.78. The minimum absolute atomic E-state index is 0.0167. The van der Waals surface area contributed by atoms with Gasteiger partial charge in [0.05, 0.1) is 16.1 Å². The molecule has 2 amide bonds. The third-order valence-corrected chi connectivity index (χ3v) is 7.33. The summed E-state index contributed by atoms with van der Waals surface area (Å²) in [5.41, 5.74) is 2.88. The number of para-hydroxylation sites is 1. The Bertz CT molecular complexity index is 1350. The molecule has 1 aliphatic rings. The molecule has 3 aromatic carbocycles. The van der Waals surface area contributed by atoms with E-state index in [-0.39, 0.29) is 16.4 Å². The van der Waals surface area contributed by atoms with Gasteiger partial charge in [-0.25, -0.2) is 8.42 Å². The van der Waals surface area contributed by atoms with Crippen molar-refractivity contribution in [2.45, 2.75) is 31.6 Å². The number of sulfonamides is 1. The summed E-state index contributed by atoms with van der Waals surface area (Å²) in [6.07, 6.45) is 1.94. The summed E-state index contributed by atoms with van der Waals surface area (Å²) in [6.45, 7) is 4.96. The number of likely N-dealkylation sites (tertiary alicyclic amines) is 1. The van der Waals surface area contributed by atoms with Gasteiger partial charge in [-0.3, -0.25) is 14.3 Å². The van der Waals surface area contributed by atoms with Crippen LogP contribution in [0.4, 0.5) is 11.4 Å². The number of nitrogens with one attached hydrogen (secondary N) is 2. The van der Waals surface area contributed by atoms with E-state index in [0.717, 1.165) is 18.4 Å². The number of carbonyl (C=O) groups excluding carboxylic acids is 2. The number of rotatable bonds is 6. The molecule has 1 heterocycles. The molecule has 3 aromatic rings. The Morgan fingerprint density at radius 1 is 0.882 bits per heavy atom. The fraction of sp³-hybridized carbons (Fsp3) is 0.231. The van der Waals surface area contributed by atoms with Crippen LogP contribution in [0.5, 0.6) is 0 Å². The summed E-state index contributed by atoms with van der Waals surface area (Å²) >= 11 is 0. The average Bonchev–Trinajstić information content (AvgIpc) is 3.34. The normalized spacial score (nSPS) is 13.5. The fourth-order valence-electron chi connectivity index (χ4n) is 4.01. The molecule has 8 heteroatoms. The molecule has 0 spiro atoms. The van der Waals surface area contributed by atoms with Crippen LogP contribution in [0.15, 0.2) is 71.6 Å². The zero-order valence-corrected chi connectivity index (χ0v) is 20.0. The molecule has 7 nitrogen and oxygen atoms in total. The molecule has 0 unspecified atom stereocenters. The first-order valence-electron chi connectivity index (χ1n) is 11.1. The molecule has 4 rings (SSSR count). The number of nitrogens with zero attached hydrogens (tertiary/aromatic N) is 1. The molecule has 0 saturated carbocycles. The number of hydrogen-bond donors (Lipinski definition) is 2. The summed E-state index contributed by atoms with van der Waals surface area (Å²) in [6, 6.07) is 18.4. The van der Waals surface area contributed by atoms with Crippen LogP contribution in [-0.4, -0.2) is 38.2 Å². The van der Waals surface area contributed by atoms with Gasteiger partial charge in [0.25, 0.3) is 21.8 Å². The molecule has 0 bridgehead atoms. The molecule has 0 aromatic heterocycles. The second-order valence-corrected chi connectivity index (χ2v) is 10.1. The summed E-state index contributed by atoms with van der Waals surface area (Å²) in [4.78, 5) is 27.7. The highest BCUT2D eigenvalue weighted by molar-refractivity contribution is 7.92. The fourth-order valence-corrected chi connectivity index (χ4v) is 5.33. The van der Waals surface area contributed by atoms with Crippen molar-refractivity contribution < 1.29 is 18.0 Å². The molecular weight excluding hydrogens is 450 g/mol. The first-order chi connectivity index (χ1) is 16.2. The molecule has 2 N–H and O–H groups in total. The standard InChI is InChI=1S/C26H27N3O4S/c1-18-8-7-9-21(16-18)28-34(32,33)24-17-20(13-12-19(24)2)25(30)27-23-11-4-3-10-22(23)26(31)29-14-5-6-15-29/h3-4,7-13,16-17,28H,5-6,14-15H2,1-2H3,(H,27,30). The Morgan fingerprint density at radius 3 is 2.35 bits per heavy atom. The van der Waals surface area contributed by atoms with Gasteiger partial charge in [-0.1, -0.05) is 30.3 Å². The van der Waals surface area contributed by atoms with E-state index in [1.54, 1.807) is 66.4 Å². The maximum atomic E-state index is 13.1. The SMILES string of the molecule is Cc1cccc(NS(=O)(=O)c2cc(C(=O)Nc3ccccc3C(=O)N3CCCC3)ccc2C)c1. The van der Waals surface area contributed by atoms with E-state index in [4.69, 9.17) is 0 Å². The molecule has 0 aliphatic carbocycles. The van der Waals surface area contributed by atoms with Crippen LogP contribution in [0.3, 0.4) is 0 Å². The third kappa shape index (κ3) is 5.12. The van der Waals surface area contributed by atoms with Crippen molar-refractivity contribution in [3.05, 3.63) is 89.0 Å². The molecule has 176 valence electrons. The maximum absolute atomic E-state index is 13.1. The zero-order valence-electron chi connectivity index (χ0n) is 19.2. The van der Waals surface area contributed by atoms with Gasteiger partial charge in [0.1, 0.15) is 0 Å². The molecule has 0 atom stereocenters. The number of anilines is 2. The largest absolute Gasteiger partial charge is 0.339 e. The summed E-state index contributed by atoms with van der Waals surface area (Å²) in [5.74, 6) is -0.614. The zero-order chi connectivity index (χ0) is 24.3. The molecule has 0 radical (unpaired) electrons. The van der Waals surface area contributed by atoms with Crippen LogP contribution in [0, 0.1) is 13.8 Å². The number of aryl methyl sites for hydroxylation is 2. The highest BCUT2D eigenvalue weighted by Crippen LogP contribution is 2.24. The van der Waals surface area contributed by atoms with Gasteiger partial charge in [-0.15, -0.1) is 0 Å². The monoisotopic (exact) mass is 477 g/mol. The van der Waals surface area contributed by atoms with E-state index >= 15 is 0 Å². The van der Waals surface area contributed by atoms with Crippen molar-refractivity contribution in [2.75, 3.05) is 23.1 Å². The van der Waals surface area contributed by atoms with E-state index in [1.165, 1.54) is 6.07 Å². The van der Waals surface area contributed by atoms with Crippen molar-refractivity contribution in [1.29, 1.82) is 0 Å². The lowest BCUT2D eigenvalue weighted by Crippen LogP contribution is -2.28. The van der Waals surface area contributed by atoms with E-state index in [0.29, 0.717) is 35.6 Å². The average molecular weight is 478 g/mol. The molecular formula is C26H27N3O4S. The predicted molar refractivity (Wildman–Crippen MR) is 133 cm³/mol. The van der Waals surface area contributed by atoms with Crippen LogP contribution < -0.4 is 10.0 Å². The third-order valence-electron chi connectivity index (χ3n) is 5.81. The minimum atomic E-state index is -3.91. The molecule has 1 aliphatic heterocycles. The van der Waals surface area contributed by atoms with E-state index < -0.39 is 15.9 Å².